The molecule has 2 amide bonds. The molecule has 0 rings (SSSR count). The Morgan fingerprint density at radius 2 is 0.725 bits per heavy atom. The quantitative estimate of drug-likeness (QED) is 0.0367. The second-order valence-electron chi connectivity index (χ2n) is 13.1. The zero-order valence-electron chi connectivity index (χ0n) is 32.1. The molecule has 0 unspecified atom stereocenters. The third-order valence-electron chi connectivity index (χ3n) is 8.50. The minimum absolute atomic E-state index is 0. The van der Waals surface area contributed by atoms with Crippen molar-refractivity contribution in [1.82, 2.24) is 10.6 Å². The summed E-state index contributed by atoms with van der Waals surface area (Å²) >= 11 is 6.03. The summed E-state index contributed by atoms with van der Waals surface area (Å²) in [5, 5.41) is 23.4. The van der Waals surface area contributed by atoms with Crippen molar-refractivity contribution in [3.8, 4) is 0 Å². The van der Waals surface area contributed by atoms with Crippen molar-refractivity contribution in [2.45, 2.75) is 193 Å². The molecule has 0 spiro atoms. The van der Waals surface area contributed by atoms with Crippen molar-refractivity contribution < 1.29 is 33.6 Å². The summed E-state index contributed by atoms with van der Waals surface area (Å²) < 4.78 is 7.83. The molecule has 0 saturated heterocycles. The minimum atomic E-state index is -0.934. The van der Waals surface area contributed by atoms with Gasteiger partial charge in [0.25, 0.3) is 0 Å². The Hall–Kier alpha value is -0.400. The summed E-state index contributed by atoms with van der Waals surface area (Å²) in [7, 11) is 0. The molecule has 9 nitrogen and oxygen atoms in total. The standard InChI is InChI=1S/2C19H37NO3S.Na.OS.H/c2*1-3-4-5-6-7-8-9-10-11-12-13-14-18(21)20-17(19(22)23)15-16-24-2;;1-2;/h2*17H,3-16H2,1-2H3,(H,20,21)(H,22,23);;;/t2*17-;;;/m00.../s1. The molecule has 0 aromatic rings. The number of carboxylic acids is 2. The number of thioether (sulfide) groups is 2. The number of hydrogen-bond acceptors (Lipinski definition) is 8. The van der Waals surface area contributed by atoms with Crippen molar-refractivity contribution in [2.75, 3.05) is 24.0 Å². The van der Waals surface area contributed by atoms with Crippen LogP contribution in [0, 0.1) is 0 Å². The van der Waals surface area contributed by atoms with Crippen LogP contribution in [0.3, 0.4) is 0 Å². The number of amides is 2. The molecule has 0 aliphatic carbocycles. The van der Waals surface area contributed by atoms with Gasteiger partial charge in [-0.25, -0.2) is 9.59 Å². The Kier molecular flexibility index (Phi) is 53.5. The number of carbonyl (C=O) groups is 4. The number of carbonyl (C=O) groups excluding carboxylic acids is 2. The molecule has 0 saturated carbocycles. The SMILES string of the molecule is CCCCCCCCCCCCCC(=O)N[C@@H](CCSC)C(=O)O.CCCCCCCCCCCCCC(=O)N[C@@H](CCSC)C(=O)O.O=S.[NaH]. The van der Waals surface area contributed by atoms with Gasteiger partial charge in [-0.2, -0.15) is 27.7 Å². The Labute approximate surface area is 348 Å². The molecule has 0 aliphatic rings. The molecule has 51 heavy (non-hydrogen) atoms. The summed E-state index contributed by atoms with van der Waals surface area (Å²) in [5.41, 5.74) is 0. The van der Waals surface area contributed by atoms with E-state index < -0.39 is 24.0 Å². The molecule has 0 aromatic carbocycles. The second-order valence-corrected chi connectivity index (χ2v) is 15.0. The molecule has 298 valence electrons. The normalized spacial score (nSPS) is 11.5. The maximum absolute atomic E-state index is 11.8. The van der Waals surface area contributed by atoms with E-state index in [4.69, 9.17) is 14.4 Å². The van der Waals surface area contributed by atoms with Gasteiger partial charge in [0.15, 0.2) is 12.5 Å². The van der Waals surface area contributed by atoms with Crippen molar-refractivity contribution in [3.05, 3.63) is 0 Å². The van der Waals surface area contributed by atoms with Crippen molar-refractivity contribution >= 4 is 89.4 Å². The van der Waals surface area contributed by atoms with Crippen LogP contribution in [0.25, 0.3) is 0 Å². The molecule has 0 fully saturated rings. The third kappa shape index (κ3) is 45.7. The summed E-state index contributed by atoms with van der Waals surface area (Å²) in [6.07, 6.45) is 33.2. The summed E-state index contributed by atoms with van der Waals surface area (Å²) in [5.74, 6) is -0.628. The number of unbranched alkanes of at least 4 members (excludes halogenated alkanes) is 20. The molecule has 13 heteroatoms. The second kappa shape index (κ2) is 47.6. The molecule has 0 heterocycles. The van der Waals surface area contributed by atoms with Crippen molar-refractivity contribution in [2.24, 2.45) is 0 Å². The molecule has 2 atom stereocenters. The van der Waals surface area contributed by atoms with Crippen LogP contribution < -0.4 is 10.6 Å². The van der Waals surface area contributed by atoms with Crippen LogP contribution in [0.2, 0.25) is 0 Å². The molecular formula is C38H75N2NaO7S3. The van der Waals surface area contributed by atoms with Gasteiger partial charge in [-0.05, 0) is 49.7 Å². The van der Waals surface area contributed by atoms with Crippen LogP contribution in [0.4, 0.5) is 0 Å². The molecule has 0 aliphatic heterocycles. The first kappa shape index (κ1) is 57.3. The van der Waals surface area contributed by atoms with Crippen LogP contribution in [0.5, 0.6) is 0 Å². The first-order valence-electron chi connectivity index (χ1n) is 19.4. The average molecular weight is 791 g/mol. The fourth-order valence-corrected chi connectivity index (χ4v) is 6.36. The fourth-order valence-electron chi connectivity index (χ4n) is 5.42. The summed E-state index contributed by atoms with van der Waals surface area (Å²) in [6.45, 7) is 4.48. The Balaban J connectivity index is -0.000000405. The van der Waals surface area contributed by atoms with E-state index in [-0.39, 0.29) is 41.4 Å². The molecule has 4 N–H and O–H groups in total. The zero-order valence-corrected chi connectivity index (χ0v) is 34.6. The van der Waals surface area contributed by atoms with Gasteiger partial charge in [-0.3, -0.25) is 9.59 Å². The Morgan fingerprint density at radius 3 is 0.941 bits per heavy atom. The number of carboxylic acid groups (broad SMARTS) is 2. The van der Waals surface area contributed by atoms with E-state index >= 15 is 0 Å². The molecule has 0 bridgehead atoms. The topological polar surface area (TPSA) is 150 Å². The van der Waals surface area contributed by atoms with E-state index in [1.165, 1.54) is 116 Å². The van der Waals surface area contributed by atoms with Crippen molar-refractivity contribution in [1.29, 1.82) is 0 Å². The van der Waals surface area contributed by atoms with Gasteiger partial charge in [-0.15, -0.1) is 0 Å². The van der Waals surface area contributed by atoms with E-state index in [2.05, 4.69) is 37.0 Å². The van der Waals surface area contributed by atoms with Crippen LogP contribution in [-0.2, 0) is 31.7 Å². The predicted octanol–water partition coefficient (Wildman–Crippen LogP) is 9.04. The fraction of sp³-hybridized carbons (Fsp3) is 0.895. The molecular weight excluding hydrogens is 716 g/mol. The summed E-state index contributed by atoms with van der Waals surface area (Å²) in [4.78, 5) is 45.8. The van der Waals surface area contributed by atoms with Gasteiger partial charge >= 0.3 is 41.5 Å². The molecule has 0 aromatic heterocycles. The average Bonchev–Trinajstić information content (AvgIpc) is 3.10. The monoisotopic (exact) mass is 790 g/mol. The van der Waals surface area contributed by atoms with Crippen LogP contribution in [0.15, 0.2) is 0 Å². The summed E-state index contributed by atoms with van der Waals surface area (Å²) in [6, 6.07) is -1.48. The van der Waals surface area contributed by atoms with E-state index in [1.807, 2.05) is 12.5 Å². The maximum atomic E-state index is 11.8. The van der Waals surface area contributed by atoms with E-state index in [0.29, 0.717) is 25.7 Å². The van der Waals surface area contributed by atoms with E-state index in [0.717, 1.165) is 37.2 Å². The molecule has 0 radical (unpaired) electrons. The number of hydrogen-bond donors (Lipinski definition) is 4. The van der Waals surface area contributed by atoms with Gasteiger partial charge in [0, 0.05) is 12.8 Å². The van der Waals surface area contributed by atoms with Gasteiger partial charge in [-0.1, -0.05) is 142 Å². The number of rotatable bonds is 34. The van der Waals surface area contributed by atoms with Gasteiger partial charge < -0.3 is 20.8 Å². The van der Waals surface area contributed by atoms with Gasteiger partial charge in [0.1, 0.15) is 12.1 Å². The van der Waals surface area contributed by atoms with Crippen LogP contribution in [0.1, 0.15) is 181 Å². The van der Waals surface area contributed by atoms with Gasteiger partial charge in [0.05, 0.1) is 0 Å². The van der Waals surface area contributed by atoms with E-state index in [9.17, 15) is 19.2 Å². The first-order chi connectivity index (χ1) is 24.2. The van der Waals surface area contributed by atoms with Crippen LogP contribution in [-0.4, -0.2) is 104 Å². The van der Waals surface area contributed by atoms with Crippen molar-refractivity contribution in [3.63, 3.8) is 0 Å². The Morgan fingerprint density at radius 1 is 0.490 bits per heavy atom. The first-order valence-corrected chi connectivity index (χ1v) is 22.5. The predicted molar refractivity (Wildman–Crippen MR) is 223 cm³/mol. The third-order valence-corrected chi connectivity index (χ3v) is 9.79. The number of aliphatic carboxylic acids is 2. The van der Waals surface area contributed by atoms with Crippen LogP contribution >= 0.6 is 23.5 Å². The number of nitrogens with one attached hydrogen (secondary N) is 2. The van der Waals surface area contributed by atoms with E-state index in [1.54, 1.807) is 23.5 Å². The zero-order chi connectivity index (χ0) is 38.1. The van der Waals surface area contributed by atoms with Gasteiger partial charge in [0.2, 0.25) is 11.8 Å². The Bertz CT molecular complexity index is 739.